The van der Waals surface area contributed by atoms with Crippen LogP contribution in [0.15, 0.2) is 24.3 Å². The van der Waals surface area contributed by atoms with Crippen LogP contribution in [-0.4, -0.2) is 24.8 Å². The molecule has 2 nitrogen and oxygen atoms in total. The van der Waals surface area contributed by atoms with Crippen LogP contribution in [0.1, 0.15) is 5.56 Å². The van der Waals surface area contributed by atoms with E-state index in [4.69, 9.17) is 0 Å². The third-order valence-corrected chi connectivity index (χ3v) is 1.85. The van der Waals surface area contributed by atoms with Crippen LogP contribution >= 0.6 is 0 Å². The zero-order valence-corrected chi connectivity index (χ0v) is 7.63. The molecule has 0 aromatic heterocycles. The highest BCUT2D eigenvalue weighted by Gasteiger charge is 2.07. The van der Waals surface area contributed by atoms with Crippen LogP contribution in [0.25, 0.3) is 0 Å². The van der Waals surface area contributed by atoms with Gasteiger partial charge in [0, 0.05) is 13.0 Å². The fraction of sp³-hybridized carbons (Fsp3) is 0.400. The van der Waals surface area contributed by atoms with E-state index in [1.807, 2.05) is 0 Å². The first-order chi connectivity index (χ1) is 6.24. The van der Waals surface area contributed by atoms with Gasteiger partial charge in [0.25, 0.3) is 0 Å². The van der Waals surface area contributed by atoms with Crippen molar-refractivity contribution in [1.82, 2.24) is 5.32 Å². The molecule has 3 heteroatoms. The Labute approximate surface area is 77.4 Å². The van der Waals surface area contributed by atoms with E-state index in [9.17, 15) is 9.50 Å². The van der Waals surface area contributed by atoms with Gasteiger partial charge in [0.15, 0.2) is 0 Å². The average Bonchev–Trinajstić information content (AvgIpc) is 2.09. The lowest BCUT2D eigenvalue weighted by Crippen LogP contribution is -2.25. The summed E-state index contributed by atoms with van der Waals surface area (Å²) in [4.78, 5) is 0. The molecule has 1 unspecified atom stereocenters. The Morgan fingerprint density at radius 3 is 2.77 bits per heavy atom. The smallest absolute Gasteiger partial charge is 0.126 e. The first-order valence-electron chi connectivity index (χ1n) is 4.30. The maximum absolute atomic E-state index is 13.1. The first kappa shape index (κ1) is 10.2. The van der Waals surface area contributed by atoms with E-state index in [-0.39, 0.29) is 5.82 Å². The molecule has 13 heavy (non-hydrogen) atoms. The minimum atomic E-state index is -0.526. The molecule has 72 valence electrons. The van der Waals surface area contributed by atoms with Crippen molar-refractivity contribution in [3.05, 3.63) is 35.6 Å². The van der Waals surface area contributed by atoms with Crippen LogP contribution in [0, 0.1) is 5.82 Å². The molecule has 2 N–H and O–H groups in total. The minimum Gasteiger partial charge on any atom is -0.391 e. The number of aliphatic hydroxyl groups excluding tert-OH is 1. The van der Waals surface area contributed by atoms with Crippen molar-refractivity contribution in [2.75, 3.05) is 13.6 Å². The molecule has 0 bridgehead atoms. The highest BCUT2D eigenvalue weighted by Crippen LogP contribution is 2.08. The number of rotatable bonds is 4. The standard InChI is InChI=1S/C10H14FNO/c1-12-7-9(13)6-8-4-2-3-5-10(8)11/h2-5,9,12-13H,6-7H2,1H3. The molecular formula is C10H14FNO. The molecule has 0 spiro atoms. The number of halogens is 1. The quantitative estimate of drug-likeness (QED) is 0.728. The molecule has 1 aromatic carbocycles. The second kappa shape index (κ2) is 4.94. The molecule has 0 heterocycles. The van der Waals surface area contributed by atoms with Gasteiger partial charge in [-0.3, -0.25) is 0 Å². The van der Waals surface area contributed by atoms with E-state index in [1.165, 1.54) is 6.07 Å². The molecule has 1 aromatic rings. The van der Waals surface area contributed by atoms with Gasteiger partial charge in [0.2, 0.25) is 0 Å². The zero-order valence-electron chi connectivity index (χ0n) is 7.63. The lowest BCUT2D eigenvalue weighted by molar-refractivity contribution is 0.173. The van der Waals surface area contributed by atoms with Crippen LogP contribution in [-0.2, 0) is 6.42 Å². The van der Waals surface area contributed by atoms with Gasteiger partial charge >= 0.3 is 0 Å². The van der Waals surface area contributed by atoms with Crippen molar-refractivity contribution in [1.29, 1.82) is 0 Å². The van der Waals surface area contributed by atoms with Crippen LogP contribution in [0.5, 0.6) is 0 Å². The molecule has 0 aliphatic rings. The Balaban J connectivity index is 2.58. The van der Waals surface area contributed by atoms with Crippen LogP contribution in [0.4, 0.5) is 4.39 Å². The molecule has 1 rings (SSSR count). The van der Waals surface area contributed by atoms with Crippen molar-refractivity contribution in [3.63, 3.8) is 0 Å². The van der Waals surface area contributed by atoms with E-state index < -0.39 is 6.10 Å². The molecular weight excluding hydrogens is 169 g/mol. The number of hydrogen-bond donors (Lipinski definition) is 2. The normalized spacial score (nSPS) is 12.8. The Hall–Kier alpha value is -0.930. The maximum Gasteiger partial charge on any atom is 0.126 e. The predicted molar refractivity (Wildman–Crippen MR) is 50.0 cm³/mol. The SMILES string of the molecule is CNCC(O)Cc1ccccc1F. The van der Waals surface area contributed by atoms with Gasteiger partial charge in [0.05, 0.1) is 6.10 Å². The van der Waals surface area contributed by atoms with Crippen molar-refractivity contribution in [2.24, 2.45) is 0 Å². The van der Waals surface area contributed by atoms with Gasteiger partial charge in [-0.25, -0.2) is 4.39 Å². The molecule has 0 fully saturated rings. The lowest BCUT2D eigenvalue weighted by atomic mass is 10.1. The molecule has 0 radical (unpaired) electrons. The summed E-state index contributed by atoms with van der Waals surface area (Å²) >= 11 is 0. The number of aliphatic hydroxyl groups is 1. The van der Waals surface area contributed by atoms with Crippen molar-refractivity contribution >= 4 is 0 Å². The van der Waals surface area contributed by atoms with E-state index in [1.54, 1.807) is 25.2 Å². The summed E-state index contributed by atoms with van der Waals surface area (Å²) in [6.07, 6.45) is -0.171. The van der Waals surface area contributed by atoms with Crippen LogP contribution < -0.4 is 5.32 Å². The second-order valence-corrected chi connectivity index (χ2v) is 3.01. The van der Waals surface area contributed by atoms with Crippen molar-refractivity contribution < 1.29 is 9.50 Å². The average molecular weight is 183 g/mol. The molecule has 0 aliphatic heterocycles. The third kappa shape index (κ3) is 3.13. The monoisotopic (exact) mass is 183 g/mol. The van der Waals surface area contributed by atoms with E-state index in [0.29, 0.717) is 18.5 Å². The van der Waals surface area contributed by atoms with E-state index >= 15 is 0 Å². The molecule has 0 aliphatic carbocycles. The Morgan fingerprint density at radius 2 is 2.15 bits per heavy atom. The fourth-order valence-corrected chi connectivity index (χ4v) is 1.23. The Morgan fingerprint density at radius 1 is 1.46 bits per heavy atom. The van der Waals surface area contributed by atoms with Gasteiger partial charge < -0.3 is 10.4 Å². The van der Waals surface area contributed by atoms with E-state index in [0.717, 1.165) is 0 Å². The minimum absolute atomic E-state index is 0.252. The number of nitrogens with one attached hydrogen (secondary N) is 1. The molecule has 0 saturated heterocycles. The number of benzene rings is 1. The van der Waals surface area contributed by atoms with Gasteiger partial charge in [-0.05, 0) is 18.7 Å². The van der Waals surface area contributed by atoms with Gasteiger partial charge in [0.1, 0.15) is 5.82 Å². The lowest BCUT2D eigenvalue weighted by Gasteiger charge is -2.09. The maximum atomic E-state index is 13.1. The summed E-state index contributed by atoms with van der Waals surface area (Å²) in [6.45, 7) is 0.480. The summed E-state index contributed by atoms with van der Waals surface area (Å²) in [5.41, 5.74) is 0.560. The van der Waals surface area contributed by atoms with Gasteiger partial charge in [-0.2, -0.15) is 0 Å². The Kier molecular flexibility index (Phi) is 3.86. The summed E-state index contributed by atoms with van der Waals surface area (Å²) in [5.74, 6) is -0.252. The highest BCUT2D eigenvalue weighted by molar-refractivity contribution is 5.18. The summed E-state index contributed by atoms with van der Waals surface area (Å²) in [5, 5.41) is 12.2. The van der Waals surface area contributed by atoms with E-state index in [2.05, 4.69) is 5.32 Å². The summed E-state index contributed by atoms with van der Waals surface area (Å²) < 4.78 is 13.1. The Bertz CT molecular complexity index is 265. The largest absolute Gasteiger partial charge is 0.391 e. The topological polar surface area (TPSA) is 32.3 Å². The first-order valence-corrected chi connectivity index (χ1v) is 4.30. The van der Waals surface area contributed by atoms with Crippen molar-refractivity contribution in [2.45, 2.75) is 12.5 Å². The summed E-state index contributed by atoms with van der Waals surface area (Å²) in [7, 11) is 1.75. The fourth-order valence-electron chi connectivity index (χ4n) is 1.23. The van der Waals surface area contributed by atoms with Gasteiger partial charge in [-0.1, -0.05) is 18.2 Å². The number of likely N-dealkylation sites (N-methyl/N-ethyl adjacent to an activating group) is 1. The molecule has 0 saturated carbocycles. The third-order valence-electron chi connectivity index (χ3n) is 1.85. The predicted octanol–water partition coefficient (Wildman–Crippen LogP) is 0.948. The summed E-state index contributed by atoms with van der Waals surface area (Å²) in [6, 6.07) is 6.50. The van der Waals surface area contributed by atoms with Crippen LogP contribution in [0.3, 0.4) is 0 Å². The molecule has 1 atom stereocenters. The number of hydrogen-bond acceptors (Lipinski definition) is 2. The van der Waals surface area contributed by atoms with Crippen LogP contribution in [0.2, 0.25) is 0 Å². The van der Waals surface area contributed by atoms with Crippen molar-refractivity contribution in [3.8, 4) is 0 Å². The highest BCUT2D eigenvalue weighted by atomic mass is 19.1. The zero-order chi connectivity index (χ0) is 9.68. The second-order valence-electron chi connectivity index (χ2n) is 3.01. The molecule has 0 amide bonds. The van der Waals surface area contributed by atoms with Gasteiger partial charge in [-0.15, -0.1) is 0 Å².